The van der Waals surface area contributed by atoms with E-state index < -0.39 is 52.2 Å². The van der Waals surface area contributed by atoms with Gasteiger partial charge in [-0.2, -0.15) is 0 Å². The summed E-state index contributed by atoms with van der Waals surface area (Å²) < 4.78 is 118. The van der Waals surface area contributed by atoms with E-state index in [2.05, 4.69) is 20.8 Å². The first-order valence-corrected chi connectivity index (χ1v) is 22.1. The largest absolute Gasteiger partial charge is 0.748 e. The quantitative estimate of drug-likeness (QED) is 0.118. The van der Waals surface area contributed by atoms with Crippen molar-refractivity contribution in [3.63, 3.8) is 0 Å². The van der Waals surface area contributed by atoms with Crippen LogP contribution in [0.15, 0.2) is 69.6 Å². The Balaban J connectivity index is 1.86. The van der Waals surface area contributed by atoms with Gasteiger partial charge in [0.05, 0.1) is 51.0 Å². The lowest BCUT2D eigenvalue weighted by Crippen LogP contribution is -2.31. The Hall–Kier alpha value is -3.42. The molecule has 1 atom stereocenters. The van der Waals surface area contributed by atoms with Crippen LogP contribution in [0.1, 0.15) is 70.8 Å². The van der Waals surface area contributed by atoms with Crippen LogP contribution in [0.25, 0.3) is 17.4 Å². The van der Waals surface area contributed by atoms with Crippen LogP contribution in [0.2, 0.25) is 0 Å². The Morgan fingerprint density at radius 3 is 2.24 bits per heavy atom. The Kier molecular flexibility index (Phi) is 13.8. The summed E-state index contributed by atoms with van der Waals surface area (Å²) in [6.45, 7) is 11.2. The lowest BCUT2D eigenvalue weighted by Gasteiger charge is -2.30. The zero-order valence-electron chi connectivity index (χ0n) is 31.1. The molecule has 0 amide bonds. The van der Waals surface area contributed by atoms with Gasteiger partial charge >= 0.3 is 0 Å². The van der Waals surface area contributed by atoms with Crippen LogP contribution in [-0.4, -0.2) is 95.0 Å². The van der Waals surface area contributed by atoms with E-state index in [0.717, 1.165) is 16.5 Å². The van der Waals surface area contributed by atoms with Crippen LogP contribution in [0.4, 0.5) is 5.69 Å². The van der Waals surface area contributed by atoms with Gasteiger partial charge in [-0.3, -0.25) is 0 Å². The Morgan fingerprint density at radius 1 is 0.944 bits per heavy atom. The van der Waals surface area contributed by atoms with Crippen molar-refractivity contribution in [2.75, 3.05) is 55.9 Å². The summed E-state index contributed by atoms with van der Waals surface area (Å²) in [5, 5.41) is 10.0. The normalized spacial score (nSPS) is 18.2. The van der Waals surface area contributed by atoms with E-state index in [1.165, 1.54) is 18.2 Å². The standard InChI is InChI=1S/C37H50N2O12S3/c1-6-38(17-9-23-53(44,45)46)27-12-14-30-31(36(2,3)4)25-28(51-34(30)24-27)10-7-11-35-37(5,16-8-22-52(41,42)43)32-26-29(54(47,48)49)13-15-33(32)39(35)18-20-50-21-19-40/h7,10-15,24-26,40H,6,8-9,16-23H2,1-5H3,(H2-,41,42,43,44,45,46,47,48,49)/p-2. The van der Waals surface area contributed by atoms with E-state index in [0.29, 0.717) is 41.6 Å². The number of nitrogens with zero attached hydrogens (tertiary/aromatic N) is 2. The molecule has 0 spiro atoms. The minimum absolute atomic E-state index is 0.0369. The topological polar surface area (TPSA) is 220 Å². The number of ether oxygens (including phenoxy) is 1. The molecule has 0 aromatic heterocycles. The second-order valence-electron chi connectivity index (χ2n) is 14.4. The highest BCUT2D eigenvalue weighted by Crippen LogP contribution is 2.51. The van der Waals surface area contributed by atoms with Crippen molar-refractivity contribution in [2.24, 2.45) is 0 Å². The fourth-order valence-corrected chi connectivity index (χ4v) is 8.32. The van der Waals surface area contributed by atoms with E-state index in [9.17, 15) is 44.0 Å². The molecule has 1 aliphatic carbocycles. The van der Waals surface area contributed by atoms with Crippen molar-refractivity contribution in [3.8, 4) is 11.3 Å². The number of hydrogen-bond donors (Lipinski definition) is 1. The van der Waals surface area contributed by atoms with Gasteiger partial charge in [0.2, 0.25) is 5.36 Å². The average Bonchev–Trinajstić information content (AvgIpc) is 3.28. The average molecular weight is 809 g/mol. The zero-order chi connectivity index (χ0) is 40.1. The summed E-state index contributed by atoms with van der Waals surface area (Å²) in [7, 11) is -13.7. The monoisotopic (exact) mass is 808 g/mol. The van der Waals surface area contributed by atoms with Crippen molar-refractivity contribution in [2.45, 2.75) is 69.6 Å². The van der Waals surface area contributed by atoms with Gasteiger partial charge in [-0.05, 0) is 85.7 Å². The van der Waals surface area contributed by atoms with Crippen molar-refractivity contribution in [1.82, 2.24) is 4.58 Å². The second kappa shape index (κ2) is 17.2. The van der Waals surface area contributed by atoms with Crippen LogP contribution in [0, 0.1) is 0 Å². The summed E-state index contributed by atoms with van der Waals surface area (Å²) in [4.78, 5) is 1.43. The van der Waals surface area contributed by atoms with Crippen LogP contribution < -0.4 is 14.8 Å². The molecule has 0 saturated carbocycles. The number of benzene rings is 2. The molecule has 17 heteroatoms. The molecule has 0 saturated heterocycles. The van der Waals surface area contributed by atoms with Gasteiger partial charge in [-0.15, -0.1) is 0 Å². The summed E-state index contributed by atoms with van der Waals surface area (Å²) in [5.74, 6) is -0.0308. The van der Waals surface area contributed by atoms with E-state index in [1.807, 2.05) is 40.7 Å². The van der Waals surface area contributed by atoms with Crippen molar-refractivity contribution in [3.05, 3.63) is 82.6 Å². The van der Waals surface area contributed by atoms with Gasteiger partial charge in [-0.25, -0.2) is 29.8 Å². The lowest BCUT2D eigenvalue weighted by molar-refractivity contribution is 0.0971. The first-order chi connectivity index (χ1) is 25.1. The fourth-order valence-electron chi connectivity index (χ4n) is 6.85. The number of allylic oxidation sites excluding steroid dienone is 3. The molecule has 1 aromatic carbocycles. The maximum atomic E-state index is 12.1. The third kappa shape index (κ3) is 11.1. The summed E-state index contributed by atoms with van der Waals surface area (Å²) in [6, 6.07) is 11.7. The van der Waals surface area contributed by atoms with E-state index in [-0.39, 0.29) is 51.0 Å². The maximum absolute atomic E-state index is 12.1. The summed E-state index contributed by atoms with van der Waals surface area (Å²) >= 11 is 0. The number of hydrogen-bond acceptors (Lipinski definition) is 13. The molecule has 0 bridgehead atoms. The molecule has 3 aliphatic rings. The van der Waals surface area contributed by atoms with Crippen molar-refractivity contribution in [1.29, 1.82) is 0 Å². The molecular weight excluding hydrogens is 761 g/mol. The molecular formula is C37H48N2O12S3-2. The predicted molar refractivity (Wildman–Crippen MR) is 202 cm³/mol. The minimum atomic E-state index is -4.84. The Bertz CT molecular complexity index is 2250. The van der Waals surface area contributed by atoms with E-state index >= 15 is 0 Å². The molecule has 2 heterocycles. The highest BCUT2D eigenvalue weighted by molar-refractivity contribution is 7.86. The molecule has 0 radical (unpaired) electrons. The van der Waals surface area contributed by atoms with Gasteiger partial charge in [0.1, 0.15) is 34.7 Å². The number of anilines is 1. The SMILES string of the molecule is CC[N+](CCCS(=O)(=O)[O-])=c1ccc2c(C(C)(C)C)cc(/C=C/C=C3/N(CCOCCO)c4ccc(S(=O)(=O)[O-])cc4C3(C)CCCS(=O)(=O)[O-])oc-2c1. The molecule has 298 valence electrons. The third-order valence-corrected chi connectivity index (χ3v) is 11.8. The predicted octanol–water partition coefficient (Wildman–Crippen LogP) is 3.32. The number of fused-ring (bicyclic) bond motifs is 2. The van der Waals surface area contributed by atoms with Crippen LogP contribution in [0.5, 0.6) is 0 Å². The molecule has 0 fully saturated rings. The third-order valence-electron chi connectivity index (χ3n) is 9.43. The second-order valence-corrected chi connectivity index (χ2v) is 18.8. The number of aliphatic hydroxyl groups excluding tert-OH is 1. The number of aliphatic hydroxyl groups is 1. The van der Waals surface area contributed by atoms with Gasteiger partial charge in [0.15, 0.2) is 0 Å². The fraction of sp³-hybridized carbons (Fsp3) is 0.486. The molecule has 1 unspecified atom stereocenters. The molecule has 54 heavy (non-hydrogen) atoms. The first-order valence-electron chi connectivity index (χ1n) is 17.6. The molecule has 14 nitrogen and oxygen atoms in total. The summed E-state index contributed by atoms with van der Waals surface area (Å²) in [5.41, 5.74) is 2.21. The van der Waals surface area contributed by atoms with Gasteiger partial charge < -0.3 is 32.8 Å². The highest BCUT2D eigenvalue weighted by Gasteiger charge is 2.43. The molecule has 1 aromatic rings. The van der Waals surface area contributed by atoms with Crippen LogP contribution in [0.3, 0.4) is 0 Å². The van der Waals surface area contributed by atoms with Gasteiger partial charge in [-0.1, -0.05) is 26.8 Å². The van der Waals surface area contributed by atoms with Crippen molar-refractivity contribution < 1.29 is 53.2 Å². The van der Waals surface area contributed by atoms with Crippen LogP contribution >= 0.6 is 0 Å². The highest BCUT2D eigenvalue weighted by atomic mass is 32.2. The smallest absolute Gasteiger partial charge is 0.203 e. The molecule has 2 aliphatic heterocycles. The first kappa shape index (κ1) is 43.3. The molecule has 4 rings (SSSR count). The molecule has 1 N–H and O–H groups in total. The minimum Gasteiger partial charge on any atom is -0.748 e. The van der Waals surface area contributed by atoms with E-state index in [4.69, 9.17) is 9.15 Å². The number of rotatable bonds is 17. The van der Waals surface area contributed by atoms with Crippen molar-refractivity contribution >= 4 is 42.1 Å². The van der Waals surface area contributed by atoms with Crippen LogP contribution in [-0.2, 0) is 45.9 Å². The lowest BCUT2D eigenvalue weighted by atomic mass is 9.77. The van der Waals surface area contributed by atoms with Gasteiger partial charge in [0, 0.05) is 52.9 Å². The Morgan fingerprint density at radius 2 is 1.63 bits per heavy atom. The van der Waals surface area contributed by atoms with Gasteiger partial charge in [0.25, 0.3) is 0 Å². The summed E-state index contributed by atoms with van der Waals surface area (Å²) in [6.07, 6.45) is 5.56. The maximum Gasteiger partial charge on any atom is 0.203 e. The Labute approximate surface area is 318 Å². The van der Waals surface area contributed by atoms with E-state index in [1.54, 1.807) is 25.2 Å². The zero-order valence-corrected chi connectivity index (χ0v) is 33.6.